The molecule has 2 heterocycles. The van der Waals surface area contributed by atoms with Crippen molar-refractivity contribution in [3.8, 4) is 0 Å². The van der Waals surface area contributed by atoms with Crippen LogP contribution in [0.3, 0.4) is 0 Å². The Balaban J connectivity index is 2.18. The van der Waals surface area contributed by atoms with Gasteiger partial charge in [-0.2, -0.15) is 0 Å². The van der Waals surface area contributed by atoms with Crippen LogP contribution in [0, 0.1) is 6.92 Å². The van der Waals surface area contributed by atoms with Crippen molar-refractivity contribution >= 4 is 11.8 Å². The molecular formula is C12H14N4S. The van der Waals surface area contributed by atoms with Gasteiger partial charge in [-0.25, -0.2) is 15.0 Å². The summed E-state index contributed by atoms with van der Waals surface area (Å²) >= 11 is 1.44. The number of aryl methyl sites for hydroxylation is 1. The van der Waals surface area contributed by atoms with Crippen molar-refractivity contribution in [1.29, 1.82) is 0 Å². The van der Waals surface area contributed by atoms with E-state index in [0.717, 1.165) is 16.2 Å². The smallest absolute Gasteiger partial charge is 0.193 e. The fourth-order valence-corrected chi connectivity index (χ4v) is 2.00. The molecule has 1 atom stereocenters. The highest BCUT2D eigenvalue weighted by Crippen LogP contribution is 2.24. The van der Waals surface area contributed by atoms with Gasteiger partial charge in [0.25, 0.3) is 0 Å². The zero-order valence-corrected chi connectivity index (χ0v) is 10.6. The number of nitrogens with two attached hydrogens (primary N) is 1. The van der Waals surface area contributed by atoms with E-state index in [1.54, 1.807) is 18.6 Å². The molecule has 0 bridgehead atoms. The molecule has 0 aliphatic carbocycles. The fourth-order valence-electron chi connectivity index (χ4n) is 1.29. The Kier molecular flexibility index (Phi) is 3.71. The molecule has 2 rings (SSSR count). The van der Waals surface area contributed by atoms with Crippen LogP contribution in [-0.2, 0) is 0 Å². The van der Waals surface area contributed by atoms with E-state index in [4.69, 9.17) is 5.73 Å². The Morgan fingerprint density at radius 3 is 2.59 bits per heavy atom. The van der Waals surface area contributed by atoms with Crippen molar-refractivity contribution < 1.29 is 0 Å². The third-order valence-electron chi connectivity index (χ3n) is 2.24. The molecule has 0 saturated carbocycles. The van der Waals surface area contributed by atoms with Gasteiger partial charge in [0.15, 0.2) is 5.16 Å². The molecule has 0 unspecified atom stereocenters. The van der Waals surface area contributed by atoms with Crippen LogP contribution in [0.25, 0.3) is 0 Å². The number of aromatic nitrogens is 3. The first kappa shape index (κ1) is 12.0. The number of pyridine rings is 1. The van der Waals surface area contributed by atoms with Gasteiger partial charge in [0, 0.05) is 24.6 Å². The summed E-state index contributed by atoms with van der Waals surface area (Å²) in [5.41, 5.74) is 7.94. The van der Waals surface area contributed by atoms with E-state index in [1.165, 1.54) is 11.8 Å². The number of rotatable bonds is 3. The zero-order valence-electron chi connectivity index (χ0n) is 9.79. The second-order valence-electron chi connectivity index (χ2n) is 3.86. The first-order chi connectivity index (χ1) is 8.15. The van der Waals surface area contributed by atoms with Crippen LogP contribution in [0.2, 0.25) is 0 Å². The topological polar surface area (TPSA) is 64.7 Å². The van der Waals surface area contributed by atoms with E-state index < -0.39 is 0 Å². The predicted molar refractivity (Wildman–Crippen MR) is 67.7 cm³/mol. The Hall–Kier alpha value is -1.46. The van der Waals surface area contributed by atoms with Crippen LogP contribution < -0.4 is 5.73 Å². The summed E-state index contributed by atoms with van der Waals surface area (Å²) in [4.78, 5) is 12.7. The molecule has 0 radical (unpaired) electrons. The molecule has 0 saturated heterocycles. The van der Waals surface area contributed by atoms with Crippen molar-refractivity contribution in [3.63, 3.8) is 0 Å². The lowest BCUT2D eigenvalue weighted by Crippen LogP contribution is -2.05. The number of nitrogens with zero attached hydrogens (tertiary/aromatic N) is 3. The van der Waals surface area contributed by atoms with Crippen LogP contribution in [0.5, 0.6) is 0 Å². The van der Waals surface area contributed by atoms with E-state index in [-0.39, 0.29) is 6.04 Å². The van der Waals surface area contributed by atoms with Crippen molar-refractivity contribution in [2.75, 3.05) is 0 Å². The summed E-state index contributed by atoms with van der Waals surface area (Å²) in [6, 6.07) is 3.90. The molecule has 17 heavy (non-hydrogen) atoms. The average Bonchev–Trinajstić information content (AvgIpc) is 2.32. The molecule has 4 nitrogen and oxygen atoms in total. The predicted octanol–water partition coefficient (Wildman–Crippen LogP) is 2.35. The zero-order chi connectivity index (χ0) is 12.3. The summed E-state index contributed by atoms with van der Waals surface area (Å²) in [6.07, 6.45) is 5.35. The van der Waals surface area contributed by atoms with Crippen molar-refractivity contribution in [2.45, 2.75) is 30.1 Å². The second kappa shape index (κ2) is 5.25. The van der Waals surface area contributed by atoms with E-state index in [0.29, 0.717) is 5.16 Å². The number of hydrogen-bond acceptors (Lipinski definition) is 5. The summed E-state index contributed by atoms with van der Waals surface area (Å²) in [5, 5.41) is 1.56. The first-order valence-electron chi connectivity index (χ1n) is 5.33. The largest absolute Gasteiger partial charge is 0.324 e. The van der Waals surface area contributed by atoms with Crippen molar-refractivity contribution in [2.24, 2.45) is 5.73 Å². The molecule has 2 aromatic heterocycles. The maximum atomic E-state index is 5.83. The summed E-state index contributed by atoms with van der Waals surface area (Å²) in [6.45, 7) is 3.91. The highest BCUT2D eigenvalue weighted by molar-refractivity contribution is 7.99. The van der Waals surface area contributed by atoms with Crippen LogP contribution >= 0.6 is 11.8 Å². The van der Waals surface area contributed by atoms with Crippen LogP contribution in [0.15, 0.2) is 40.9 Å². The van der Waals surface area contributed by atoms with Gasteiger partial charge in [0.05, 0.1) is 0 Å². The third kappa shape index (κ3) is 3.25. The van der Waals surface area contributed by atoms with Crippen molar-refractivity contribution in [3.05, 3.63) is 41.9 Å². The Bertz CT molecular complexity index is 496. The van der Waals surface area contributed by atoms with Gasteiger partial charge < -0.3 is 5.73 Å². The molecule has 0 fully saturated rings. The minimum absolute atomic E-state index is 0.0105. The minimum atomic E-state index is 0.0105. The molecule has 2 aromatic rings. The normalized spacial score (nSPS) is 12.4. The van der Waals surface area contributed by atoms with Gasteiger partial charge in [-0.1, -0.05) is 0 Å². The van der Waals surface area contributed by atoms with Gasteiger partial charge in [-0.3, -0.25) is 0 Å². The molecule has 0 amide bonds. The Morgan fingerprint density at radius 2 is 1.94 bits per heavy atom. The lowest BCUT2D eigenvalue weighted by atomic mass is 10.1. The Morgan fingerprint density at radius 1 is 1.24 bits per heavy atom. The minimum Gasteiger partial charge on any atom is -0.324 e. The first-order valence-corrected chi connectivity index (χ1v) is 6.15. The summed E-state index contributed by atoms with van der Waals surface area (Å²) < 4.78 is 0. The standard InChI is InChI=1S/C12H14N4S/c1-8-6-15-12(16-7-8)17-11-5-10(9(2)13)3-4-14-11/h3-7,9H,13H2,1-2H3/t9-/m0/s1. The van der Waals surface area contributed by atoms with Crippen LogP contribution in [0.1, 0.15) is 24.1 Å². The monoisotopic (exact) mass is 246 g/mol. The molecule has 88 valence electrons. The van der Waals surface area contributed by atoms with E-state index >= 15 is 0 Å². The molecule has 0 aliphatic rings. The highest BCUT2D eigenvalue weighted by atomic mass is 32.2. The highest BCUT2D eigenvalue weighted by Gasteiger charge is 2.04. The third-order valence-corrected chi connectivity index (χ3v) is 3.06. The lowest BCUT2D eigenvalue weighted by molar-refractivity contribution is 0.807. The summed E-state index contributed by atoms with van der Waals surface area (Å²) in [7, 11) is 0. The molecular weight excluding hydrogens is 232 g/mol. The van der Waals surface area contributed by atoms with Crippen LogP contribution in [0.4, 0.5) is 0 Å². The fraction of sp³-hybridized carbons (Fsp3) is 0.250. The second-order valence-corrected chi connectivity index (χ2v) is 4.85. The number of hydrogen-bond donors (Lipinski definition) is 1. The molecule has 5 heteroatoms. The molecule has 2 N–H and O–H groups in total. The van der Waals surface area contributed by atoms with Gasteiger partial charge in [-0.05, 0) is 48.9 Å². The molecule has 0 aliphatic heterocycles. The molecule has 0 aromatic carbocycles. The maximum Gasteiger partial charge on any atom is 0.193 e. The van der Waals surface area contributed by atoms with Crippen LogP contribution in [-0.4, -0.2) is 15.0 Å². The Labute approximate surface area is 105 Å². The van der Waals surface area contributed by atoms with Crippen molar-refractivity contribution in [1.82, 2.24) is 15.0 Å². The van der Waals surface area contributed by atoms with E-state index in [9.17, 15) is 0 Å². The average molecular weight is 246 g/mol. The quantitative estimate of drug-likeness (QED) is 0.842. The lowest BCUT2D eigenvalue weighted by Gasteiger charge is -2.06. The summed E-state index contributed by atoms with van der Waals surface area (Å²) in [5.74, 6) is 0. The van der Waals surface area contributed by atoms with E-state index in [1.807, 2.05) is 26.0 Å². The van der Waals surface area contributed by atoms with E-state index in [2.05, 4.69) is 15.0 Å². The SMILES string of the molecule is Cc1cnc(Sc2cc([C@H](C)N)ccn2)nc1. The van der Waals surface area contributed by atoms with Gasteiger partial charge in [-0.15, -0.1) is 0 Å². The molecule has 0 spiro atoms. The van der Waals surface area contributed by atoms with Gasteiger partial charge in [0.2, 0.25) is 0 Å². The van der Waals surface area contributed by atoms with Gasteiger partial charge in [0.1, 0.15) is 5.03 Å². The van der Waals surface area contributed by atoms with Gasteiger partial charge >= 0.3 is 0 Å². The maximum absolute atomic E-state index is 5.83.